The van der Waals surface area contributed by atoms with Gasteiger partial charge in [-0.25, -0.2) is 0 Å². The van der Waals surface area contributed by atoms with Crippen LogP contribution in [0, 0.1) is 11.8 Å². The lowest BCUT2D eigenvalue weighted by Gasteiger charge is -2.45. The Bertz CT molecular complexity index is 1370. The first-order chi connectivity index (χ1) is 20.0. The second-order valence-corrected chi connectivity index (χ2v) is 11.3. The van der Waals surface area contributed by atoms with E-state index in [1.54, 1.807) is 0 Å². The van der Waals surface area contributed by atoms with E-state index in [4.69, 9.17) is 4.74 Å². The number of carbonyl (C=O) groups is 4. The number of benzene rings is 3. The number of carbonyl (C=O) groups excluding carboxylic acids is 4. The van der Waals surface area contributed by atoms with Crippen LogP contribution in [0.15, 0.2) is 78.9 Å². The largest absolute Gasteiger partial charge is 0.456 e. The maximum absolute atomic E-state index is 13.6. The smallest absolute Gasteiger partial charge is 0.306 e. The fourth-order valence-corrected chi connectivity index (χ4v) is 7.00. The third kappa shape index (κ3) is 4.94. The van der Waals surface area contributed by atoms with Gasteiger partial charge in [-0.2, -0.15) is 0 Å². The van der Waals surface area contributed by atoms with Crippen LogP contribution in [-0.4, -0.2) is 41.7 Å². The number of unbranched alkanes of at least 4 members (excludes halogenated alkanes) is 2. The highest BCUT2D eigenvalue weighted by Crippen LogP contribution is 2.60. The van der Waals surface area contributed by atoms with Crippen LogP contribution in [-0.2, 0) is 23.9 Å². The molecule has 1 N–H and O–H groups in total. The topological polar surface area (TPSA) is 92.8 Å². The fraction of sp³-hybridized carbons (Fsp3) is 0.353. The summed E-state index contributed by atoms with van der Waals surface area (Å²) in [6.07, 6.45) is 2.04. The monoisotopic (exact) mass is 550 g/mol. The number of likely N-dealkylation sites (tertiary alicyclic amines) is 1. The van der Waals surface area contributed by atoms with E-state index in [1.165, 1.54) is 27.2 Å². The highest BCUT2D eigenvalue weighted by molar-refractivity contribution is 6.07. The zero-order valence-corrected chi connectivity index (χ0v) is 23.1. The van der Waals surface area contributed by atoms with E-state index in [1.807, 2.05) is 61.5 Å². The molecular formula is C34H34N2O5. The fourth-order valence-electron chi connectivity index (χ4n) is 7.00. The van der Waals surface area contributed by atoms with Gasteiger partial charge in [-0.3, -0.25) is 24.1 Å². The minimum absolute atomic E-state index is 0.0749. The van der Waals surface area contributed by atoms with Crippen molar-refractivity contribution in [3.8, 4) is 0 Å². The first-order valence-electron chi connectivity index (χ1n) is 14.5. The zero-order chi connectivity index (χ0) is 28.5. The third-order valence-electron chi connectivity index (χ3n) is 8.84. The van der Waals surface area contributed by atoms with Crippen LogP contribution in [0.2, 0.25) is 0 Å². The highest BCUT2D eigenvalue weighted by atomic mass is 16.5. The SMILES string of the molecule is C[C@H](NC(=O)COC(=O)CCCCCN1C(=O)[C@@H]2C3c4ccccc4C(c4ccccc43)[C@@H]2C1=O)c1ccccc1. The van der Waals surface area contributed by atoms with Crippen LogP contribution in [0.5, 0.6) is 0 Å². The Kier molecular flexibility index (Phi) is 7.43. The number of hydrogen-bond acceptors (Lipinski definition) is 5. The van der Waals surface area contributed by atoms with Crippen molar-refractivity contribution in [1.82, 2.24) is 10.2 Å². The Hall–Kier alpha value is -4.26. The predicted octanol–water partition coefficient (Wildman–Crippen LogP) is 4.86. The Balaban J connectivity index is 0.985. The normalized spacial score (nSPS) is 22.5. The molecule has 3 aliphatic carbocycles. The van der Waals surface area contributed by atoms with Gasteiger partial charge in [0, 0.05) is 24.8 Å². The van der Waals surface area contributed by atoms with E-state index < -0.39 is 5.97 Å². The van der Waals surface area contributed by atoms with Gasteiger partial charge >= 0.3 is 5.97 Å². The summed E-state index contributed by atoms with van der Waals surface area (Å²) in [5, 5.41) is 2.83. The molecule has 0 unspecified atom stereocenters. The van der Waals surface area contributed by atoms with Crippen molar-refractivity contribution in [2.75, 3.05) is 13.2 Å². The maximum Gasteiger partial charge on any atom is 0.306 e. The molecule has 3 atom stereocenters. The average Bonchev–Trinajstić information content (AvgIpc) is 3.25. The molecule has 4 aliphatic rings. The molecule has 41 heavy (non-hydrogen) atoms. The second-order valence-electron chi connectivity index (χ2n) is 11.3. The van der Waals surface area contributed by atoms with Crippen molar-refractivity contribution in [1.29, 1.82) is 0 Å². The van der Waals surface area contributed by atoms with Gasteiger partial charge in [0.15, 0.2) is 6.61 Å². The summed E-state index contributed by atoms with van der Waals surface area (Å²) in [5.41, 5.74) is 5.65. The Morgan fingerprint density at radius 3 is 1.80 bits per heavy atom. The van der Waals surface area contributed by atoms with E-state index >= 15 is 0 Å². The first kappa shape index (κ1) is 26.9. The molecule has 0 saturated carbocycles. The van der Waals surface area contributed by atoms with E-state index in [0.29, 0.717) is 25.8 Å². The van der Waals surface area contributed by atoms with Gasteiger partial charge in [0.05, 0.1) is 17.9 Å². The molecule has 3 aromatic carbocycles. The van der Waals surface area contributed by atoms with Crippen LogP contribution in [0.3, 0.4) is 0 Å². The molecule has 3 aromatic rings. The number of rotatable bonds is 10. The molecule has 7 nitrogen and oxygen atoms in total. The molecule has 1 aliphatic heterocycles. The van der Waals surface area contributed by atoms with E-state index in [9.17, 15) is 19.2 Å². The van der Waals surface area contributed by atoms with E-state index in [-0.39, 0.29) is 60.5 Å². The van der Waals surface area contributed by atoms with Crippen molar-refractivity contribution in [3.05, 3.63) is 107 Å². The molecule has 0 radical (unpaired) electrons. The quantitative estimate of drug-likeness (QED) is 0.221. The lowest BCUT2D eigenvalue weighted by molar-refractivity contribution is -0.148. The number of nitrogens with zero attached hydrogens (tertiary/aromatic N) is 1. The van der Waals surface area contributed by atoms with Crippen LogP contribution in [0.1, 0.15) is 78.3 Å². The maximum atomic E-state index is 13.6. The standard InChI is InChI=1S/C34H34N2O5/c1-21(22-12-4-2-5-13-22)35-27(37)20-41-28(38)18-6-3-11-19-36-33(39)31-29-23-14-7-8-15-24(23)30(32(31)34(36)40)26-17-10-9-16-25(26)29/h2,4-5,7-10,12-17,21,29-32H,3,6,11,18-20H2,1H3,(H,35,37)/t21-,29?,30?,31-,32+/m0/s1. The van der Waals surface area contributed by atoms with Gasteiger partial charge in [-0.15, -0.1) is 0 Å². The van der Waals surface area contributed by atoms with Gasteiger partial charge in [0.1, 0.15) is 0 Å². The van der Waals surface area contributed by atoms with Crippen molar-refractivity contribution >= 4 is 23.7 Å². The van der Waals surface area contributed by atoms with Crippen LogP contribution < -0.4 is 5.32 Å². The van der Waals surface area contributed by atoms with E-state index in [2.05, 4.69) is 29.6 Å². The zero-order valence-electron chi connectivity index (χ0n) is 23.1. The number of hydrogen-bond donors (Lipinski definition) is 1. The van der Waals surface area contributed by atoms with Gasteiger partial charge in [-0.05, 0) is 47.6 Å². The van der Waals surface area contributed by atoms with Gasteiger partial charge in [0.2, 0.25) is 11.8 Å². The second kappa shape index (κ2) is 11.3. The molecule has 7 rings (SSSR count). The Morgan fingerprint density at radius 2 is 1.27 bits per heavy atom. The molecule has 0 spiro atoms. The van der Waals surface area contributed by atoms with Gasteiger partial charge < -0.3 is 10.1 Å². The third-order valence-corrected chi connectivity index (χ3v) is 8.84. The summed E-state index contributed by atoms with van der Waals surface area (Å²) < 4.78 is 5.14. The van der Waals surface area contributed by atoms with Crippen molar-refractivity contribution in [2.45, 2.75) is 50.5 Å². The molecular weight excluding hydrogens is 516 g/mol. The van der Waals surface area contributed by atoms with Gasteiger partial charge in [-0.1, -0.05) is 85.3 Å². The van der Waals surface area contributed by atoms with Crippen LogP contribution in [0.4, 0.5) is 0 Å². The first-order valence-corrected chi connectivity index (χ1v) is 14.5. The summed E-state index contributed by atoms with van der Waals surface area (Å²) >= 11 is 0. The summed E-state index contributed by atoms with van der Waals surface area (Å²) in [6, 6.07) is 25.9. The highest BCUT2D eigenvalue weighted by Gasteiger charge is 2.61. The number of ether oxygens (including phenoxy) is 1. The minimum Gasteiger partial charge on any atom is -0.456 e. The Labute approximate surface area is 239 Å². The summed E-state index contributed by atoms with van der Waals surface area (Å²) in [6.45, 7) is 1.91. The summed E-state index contributed by atoms with van der Waals surface area (Å²) in [7, 11) is 0. The van der Waals surface area contributed by atoms with Crippen LogP contribution >= 0.6 is 0 Å². The number of imide groups is 1. The summed E-state index contributed by atoms with van der Waals surface area (Å²) in [4.78, 5) is 53.1. The van der Waals surface area contributed by atoms with Crippen molar-refractivity contribution in [3.63, 3.8) is 0 Å². The Morgan fingerprint density at radius 1 is 0.756 bits per heavy atom. The molecule has 1 saturated heterocycles. The molecule has 1 heterocycles. The summed E-state index contributed by atoms with van der Waals surface area (Å²) in [5.74, 6) is -1.84. The minimum atomic E-state index is -0.432. The molecule has 0 aromatic heterocycles. The predicted molar refractivity (Wildman–Crippen MR) is 153 cm³/mol. The van der Waals surface area contributed by atoms with Crippen LogP contribution in [0.25, 0.3) is 0 Å². The van der Waals surface area contributed by atoms with Crippen molar-refractivity contribution < 1.29 is 23.9 Å². The average molecular weight is 551 g/mol. The molecule has 210 valence electrons. The number of esters is 1. The molecule has 3 amide bonds. The lowest BCUT2D eigenvalue weighted by Crippen LogP contribution is -2.41. The van der Waals surface area contributed by atoms with E-state index in [0.717, 1.165) is 5.56 Å². The van der Waals surface area contributed by atoms with Gasteiger partial charge in [0.25, 0.3) is 5.91 Å². The number of amides is 3. The molecule has 7 heteroatoms. The molecule has 2 bridgehead atoms. The number of nitrogens with one attached hydrogen (secondary N) is 1. The van der Waals surface area contributed by atoms with Crippen molar-refractivity contribution in [2.24, 2.45) is 11.8 Å². The molecule has 1 fully saturated rings. The lowest BCUT2D eigenvalue weighted by atomic mass is 9.55.